The molecule has 9 heteroatoms. The number of nitriles is 1. The van der Waals surface area contributed by atoms with Crippen molar-refractivity contribution in [3.63, 3.8) is 0 Å². The van der Waals surface area contributed by atoms with Crippen molar-refractivity contribution in [3.8, 4) is 6.07 Å². The molecule has 0 saturated carbocycles. The molecule has 0 N–H and O–H groups in total. The quantitative estimate of drug-likeness (QED) is 0.492. The van der Waals surface area contributed by atoms with Gasteiger partial charge in [0.25, 0.3) is 11.5 Å². The van der Waals surface area contributed by atoms with E-state index in [0.29, 0.717) is 27.3 Å². The molecule has 3 aliphatic heterocycles. The van der Waals surface area contributed by atoms with Crippen LogP contribution in [-0.2, 0) is 16.6 Å². The number of carbonyl (C=O) groups excluding carboxylic acids is 1. The Morgan fingerprint density at radius 1 is 1.28 bits per heavy atom. The zero-order valence-corrected chi connectivity index (χ0v) is 20.4. The molecule has 4 heterocycles. The standard InChI is InChI=1S/C23H28N4O3S2/c1-14-6-8-26(9-7-14)20-17(15(2)18(12-24)21(28)25(20)3)11-19-22(29)27(23(31)32-19)13-16-5-4-10-30-16/h11,14,16H,4-10,13H2,1-3H3. The second-order valence-electron chi connectivity index (χ2n) is 8.81. The van der Waals surface area contributed by atoms with E-state index in [-0.39, 0.29) is 23.1 Å². The molecule has 4 rings (SSSR count). The summed E-state index contributed by atoms with van der Waals surface area (Å²) in [5.74, 6) is 1.27. The summed E-state index contributed by atoms with van der Waals surface area (Å²) in [5, 5.41) is 9.63. The summed E-state index contributed by atoms with van der Waals surface area (Å²) < 4.78 is 7.76. The smallest absolute Gasteiger partial charge is 0.270 e. The van der Waals surface area contributed by atoms with Crippen LogP contribution in [0.4, 0.5) is 5.82 Å². The maximum atomic E-state index is 13.2. The monoisotopic (exact) mass is 472 g/mol. The molecule has 1 aromatic heterocycles. The highest BCUT2D eigenvalue weighted by atomic mass is 32.2. The van der Waals surface area contributed by atoms with Crippen molar-refractivity contribution in [1.82, 2.24) is 9.47 Å². The Morgan fingerprint density at radius 2 is 2.00 bits per heavy atom. The first-order valence-electron chi connectivity index (χ1n) is 11.1. The van der Waals surface area contributed by atoms with Crippen molar-refractivity contribution < 1.29 is 9.53 Å². The van der Waals surface area contributed by atoms with E-state index in [2.05, 4.69) is 17.9 Å². The Labute approximate surface area is 198 Å². The van der Waals surface area contributed by atoms with Crippen molar-refractivity contribution in [2.45, 2.75) is 45.6 Å². The van der Waals surface area contributed by atoms with Gasteiger partial charge in [-0.25, -0.2) is 0 Å². The number of aromatic nitrogens is 1. The molecule has 0 aliphatic carbocycles. The van der Waals surface area contributed by atoms with Crippen LogP contribution in [-0.4, -0.2) is 52.0 Å². The molecule has 3 fully saturated rings. The van der Waals surface area contributed by atoms with Gasteiger partial charge in [-0.15, -0.1) is 0 Å². The number of thioether (sulfide) groups is 1. The maximum Gasteiger partial charge on any atom is 0.270 e. The molecule has 3 aliphatic rings. The van der Waals surface area contributed by atoms with Gasteiger partial charge in [0.1, 0.15) is 21.8 Å². The Kier molecular flexibility index (Phi) is 6.75. The summed E-state index contributed by atoms with van der Waals surface area (Å²) in [7, 11) is 1.70. The number of amides is 1. The van der Waals surface area contributed by atoms with E-state index in [9.17, 15) is 14.9 Å². The van der Waals surface area contributed by atoms with E-state index < -0.39 is 0 Å². The third-order valence-electron chi connectivity index (χ3n) is 6.61. The predicted molar refractivity (Wildman–Crippen MR) is 131 cm³/mol. The highest BCUT2D eigenvalue weighted by Gasteiger charge is 2.35. The van der Waals surface area contributed by atoms with Gasteiger partial charge < -0.3 is 9.64 Å². The summed E-state index contributed by atoms with van der Waals surface area (Å²) in [6.45, 7) is 6.88. The number of piperidine rings is 1. The third-order valence-corrected chi connectivity index (χ3v) is 7.99. The summed E-state index contributed by atoms with van der Waals surface area (Å²) in [6.07, 6.45) is 5.84. The topological polar surface area (TPSA) is 78.6 Å². The predicted octanol–water partition coefficient (Wildman–Crippen LogP) is 3.18. The van der Waals surface area contributed by atoms with Crippen LogP contribution in [0, 0.1) is 24.2 Å². The van der Waals surface area contributed by atoms with Crippen molar-refractivity contribution >= 4 is 46.1 Å². The normalized spacial score (nSPS) is 23.4. The Bertz CT molecular complexity index is 1070. The fourth-order valence-electron chi connectivity index (χ4n) is 4.60. The molecule has 1 aromatic rings. The van der Waals surface area contributed by atoms with Crippen LogP contribution in [0.1, 0.15) is 49.3 Å². The van der Waals surface area contributed by atoms with E-state index in [4.69, 9.17) is 17.0 Å². The van der Waals surface area contributed by atoms with Crippen LogP contribution in [0.3, 0.4) is 0 Å². The van der Waals surface area contributed by atoms with Gasteiger partial charge in [0.05, 0.1) is 17.6 Å². The van der Waals surface area contributed by atoms with E-state index in [1.165, 1.54) is 11.8 Å². The minimum atomic E-state index is -0.304. The van der Waals surface area contributed by atoms with Crippen molar-refractivity contribution in [1.29, 1.82) is 5.26 Å². The van der Waals surface area contributed by atoms with Crippen LogP contribution < -0.4 is 10.5 Å². The highest BCUT2D eigenvalue weighted by molar-refractivity contribution is 8.26. The molecular weight excluding hydrogens is 444 g/mol. The molecule has 0 radical (unpaired) electrons. The largest absolute Gasteiger partial charge is 0.376 e. The van der Waals surface area contributed by atoms with Crippen molar-refractivity contribution in [3.05, 3.63) is 31.9 Å². The average Bonchev–Trinajstić information content (AvgIpc) is 3.38. The summed E-state index contributed by atoms with van der Waals surface area (Å²) in [5.41, 5.74) is 1.16. The molecular formula is C23H28N4O3S2. The van der Waals surface area contributed by atoms with Crippen LogP contribution in [0.25, 0.3) is 6.08 Å². The fourth-order valence-corrected chi connectivity index (χ4v) is 5.85. The average molecular weight is 473 g/mol. The number of pyridine rings is 1. The Hall–Kier alpha value is -2.15. The lowest BCUT2D eigenvalue weighted by molar-refractivity contribution is -0.123. The Balaban J connectivity index is 1.75. The number of ether oxygens (including phenoxy) is 1. The van der Waals surface area contributed by atoms with E-state index in [0.717, 1.165) is 56.8 Å². The number of anilines is 1. The molecule has 1 amide bonds. The number of carbonyl (C=O) groups is 1. The molecule has 3 saturated heterocycles. The van der Waals surface area contributed by atoms with Crippen molar-refractivity contribution in [2.24, 2.45) is 13.0 Å². The molecule has 1 atom stereocenters. The molecule has 7 nitrogen and oxygen atoms in total. The number of hydrogen-bond donors (Lipinski definition) is 0. The lowest BCUT2D eigenvalue weighted by Gasteiger charge is -2.34. The summed E-state index contributed by atoms with van der Waals surface area (Å²) in [6, 6.07) is 2.06. The first-order valence-corrected chi connectivity index (χ1v) is 12.3. The summed E-state index contributed by atoms with van der Waals surface area (Å²) in [4.78, 5) is 30.4. The van der Waals surface area contributed by atoms with Crippen molar-refractivity contribution in [2.75, 3.05) is 31.1 Å². The minimum Gasteiger partial charge on any atom is -0.376 e. The van der Waals surface area contributed by atoms with Crippen LogP contribution in [0.5, 0.6) is 0 Å². The SMILES string of the molecule is Cc1c(C=C2SC(=S)N(CC3CCCO3)C2=O)c(N2CCC(C)CC2)n(C)c(=O)c1C#N. The van der Waals surface area contributed by atoms with Crippen LogP contribution >= 0.6 is 24.0 Å². The van der Waals surface area contributed by atoms with Gasteiger partial charge in [-0.05, 0) is 50.2 Å². The van der Waals surface area contributed by atoms with Gasteiger partial charge in [0.15, 0.2) is 0 Å². The highest BCUT2D eigenvalue weighted by Crippen LogP contribution is 2.37. The molecule has 32 heavy (non-hydrogen) atoms. The van der Waals surface area contributed by atoms with Gasteiger partial charge in [-0.1, -0.05) is 30.9 Å². The first-order chi connectivity index (χ1) is 15.3. The second-order valence-corrected chi connectivity index (χ2v) is 10.5. The third kappa shape index (κ3) is 4.24. The zero-order valence-electron chi connectivity index (χ0n) is 18.7. The number of hydrogen-bond acceptors (Lipinski definition) is 7. The molecule has 170 valence electrons. The zero-order chi connectivity index (χ0) is 23.0. The van der Waals surface area contributed by atoms with Gasteiger partial charge in [0.2, 0.25) is 0 Å². The fraction of sp³-hybridized carbons (Fsp3) is 0.565. The molecule has 1 unspecified atom stereocenters. The lowest BCUT2D eigenvalue weighted by Crippen LogP contribution is -2.38. The minimum absolute atomic E-state index is 0.0206. The Morgan fingerprint density at radius 3 is 2.62 bits per heavy atom. The number of nitrogens with zero attached hydrogens (tertiary/aromatic N) is 4. The molecule has 0 spiro atoms. The maximum absolute atomic E-state index is 13.2. The lowest BCUT2D eigenvalue weighted by atomic mass is 9.97. The number of rotatable bonds is 4. The van der Waals surface area contributed by atoms with Gasteiger partial charge in [-0.3, -0.25) is 19.1 Å². The molecule has 0 aromatic carbocycles. The van der Waals surface area contributed by atoms with E-state index in [1.54, 1.807) is 23.4 Å². The summed E-state index contributed by atoms with van der Waals surface area (Å²) >= 11 is 6.77. The first kappa shape index (κ1) is 23.0. The molecule has 0 bridgehead atoms. The van der Waals surface area contributed by atoms with E-state index >= 15 is 0 Å². The van der Waals surface area contributed by atoms with Crippen LogP contribution in [0.2, 0.25) is 0 Å². The number of thiocarbonyl (C=S) groups is 1. The van der Waals surface area contributed by atoms with E-state index in [1.807, 2.05) is 6.08 Å². The van der Waals surface area contributed by atoms with Crippen LogP contribution in [0.15, 0.2) is 9.70 Å². The van der Waals surface area contributed by atoms with Gasteiger partial charge in [0, 0.05) is 32.3 Å². The van der Waals surface area contributed by atoms with Gasteiger partial charge >= 0.3 is 0 Å². The second kappa shape index (κ2) is 9.38. The van der Waals surface area contributed by atoms with Gasteiger partial charge in [-0.2, -0.15) is 5.26 Å².